The summed E-state index contributed by atoms with van der Waals surface area (Å²) in [5, 5.41) is 1.37. The second-order valence-corrected chi connectivity index (χ2v) is 5.87. The maximum atomic E-state index is 4.18. The van der Waals surface area contributed by atoms with E-state index in [0.717, 1.165) is 6.54 Å². The fourth-order valence-electron chi connectivity index (χ4n) is 2.94. The summed E-state index contributed by atoms with van der Waals surface area (Å²) in [5.74, 6) is 0. The summed E-state index contributed by atoms with van der Waals surface area (Å²) in [6.45, 7) is 0.982. The van der Waals surface area contributed by atoms with Crippen LogP contribution < -0.4 is 4.57 Å². The van der Waals surface area contributed by atoms with Crippen LogP contribution in [0.2, 0.25) is 0 Å². The summed E-state index contributed by atoms with van der Waals surface area (Å²) in [4.78, 5) is 4.18. The van der Waals surface area contributed by atoms with Crippen molar-refractivity contribution >= 4 is 27.1 Å². The molecular formula is C15H10N3S+. The highest BCUT2D eigenvalue weighted by Gasteiger charge is 2.32. The number of thiazole rings is 1. The number of fused-ring (bicyclic) bond motifs is 7. The number of hydrogen-bond donors (Lipinski definition) is 0. The van der Waals surface area contributed by atoms with Crippen molar-refractivity contribution < 1.29 is 4.57 Å². The van der Waals surface area contributed by atoms with Gasteiger partial charge in [-0.15, -0.1) is 0 Å². The maximum Gasteiger partial charge on any atom is 0.271 e. The van der Waals surface area contributed by atoms with E-state index in [1.54, 1.807) is 0 Å². The van der Waals surface area contributed by atoms with Crippen LogP contribution in [0.1, 0.15) is 5.56 Å². The molecule has 19 heavy (non-hydrogen) atoms. The first-order chi connectivity index (χ1) is 9.42. The molecule has 90 valence electrons. The zero-order chi connectivity index (χ0) is 12.4. The summed E-state index contributed by atoms with van der Waals surface area (Å²) in [5.41, 5.74) is 5.36. The molecule has 0 saturated carbocycles. The Kier molecular flexibility index (Phi) is 1.64. The Balaban J connectivity index is 1.93. The lowest BCUT2D eigenvalue weighted by Gasteiger charge is -1.90. The average Bonchev–Trinajstić information content (AvgIpc) is 3.07. The van der Waals surface area contributed by atoms with Crippen LogP contribution in [0.5, 0.6) is 0 Å². The summed E-state index contributed by atoms with van der Waals surface area (Å²) in [7, 11) is 0. The van der Waals surface area contributed by atoms with Gasteiger partial charge < -0.3 is 0 Å². The number of hydrogen-bond acceptors (Lipinski definition) is 2. The molecule has 4 aromatic rings. The van der Waals surface area contributed by atoms with E-state index in [1.165, 1.54) is 31.9 Å². The fraction of sp³-hybridized carbons (Fsp3) is 0.0667. The molecule has 1 aliphatic heterocycles. The Morgan fingerprint density at radius 2 is 2.16 bits per heavy atom. The molecule has 0 bridgehead atoms. The summed E-state index contributed by atoms with van der Waals surface area (Å²) >= 11 is 1.88. The first kappa shape index (κ1) is 9.69. The molecule has 0 amide bonds. The monoisotopic (exact) mass is 264 g/mol. The molecule has 0 aliphatic carbocycles. The normalized spacial score (nSPS) is 13.1. The zero-order valence-corrected chi connectivity index (χ0v) is 10.9. The Hall–Kier alpha value is -2.20. The van der Waals surface area contributed by atoms with Crippen molar-refractivity contribution in [1.82, 2.24) is 9.38 Å². The summed E-state index contributed by atoms with van der Waals surface area (Å²) in [6, 6.07) is 10.8. The molecule has 0 saturated heterocycles. The number of rotatable bonds is 0. The van der Waals surface area contributed by atoms with Crippen LogP contribution in [0.4, 0.5) is 0 Å². The number of nitrogens with zero attached hydrogens (tertiary/aromatic N) is 3. The van der Waals surface area contributed by atoms with Gasteiger partial charge in [-0.05, 0) is 12.1 Å². The van der Waals surface area contributed by atoms with Crippen molar-refractivity contribution in [2.24, 2.45) is 0 Å². The van der Waals surface area contributed by atoms with E-state index in [4.69, 9.17) is 0 Å². The van der Waals surface area contributed by atoms with Gasteiger partial charge in [0.1, 0.15) is 4.70 Å². The molecule has 0 unspecified atom stereocenters. The Labute approximate surface area is 113 Å². The highest BCUT2D eigenvalue weighted by molar-refractivity contribution is 7.22. The minimum absolute atomic E-state index is 0.982. The lowest BCUT2D eigenvalue weighted by molar-refractivity contribution is -0.642. The highest BCUT2D eigenvalue weighted by atomic mass is 32.1. The van der Waals surface area contributed by atoms with Gasteiger partial charge in [-0.1, -0.05) is 29.5 Å². The molecule has 1 aromatic carbocycles. The van der Waals surface area contributed by atoms with E-state index in [0.29, 0.717) is 0 Å². The lowest BCUT2D eigenvalue weighted by Crippen LogP contribution is -2.29. The van der Waals surface area contributed by atoms with Crippen molar-refractivity contribution in [2.75, 3.05) is 0 Å². The van der Waals surface area contributed by atoms with E-state index in [-0.39, 0.29) is 0 Å². The predicted octanol–water partition coefficient (Wildman–Crippen LogP) is 2.87. The molecule has 3 aromatic heterocycles. The van der Waals surface area contributed by atoms with Crippen LogP contribution in [-0.4, -0.2) is 9.38 Å². The van der Waals surface area contributed by atoms with Crippen molar-refractivity contribution in [2.45, 2.75) is 6.54 Å². The van der Waals surface area contributed by atoms with Crippen molar-refractivity contribution in [1.29, 1.82) is 0 Å². The van der Waals surface area contributed by atoms with E-state index in [2.05, 4.69) is 50.5 Å². The minimum Gasteiger partial charge on any atom is -0.299 e. The van der Waals surface area contributed by atoms with Gasteiger partial charge in [0.25, 0.3) is 5.01 Å². The van der Waals surface area contributed by atoms with Gasteiger partial charge in [-0.3, -0.25) is 4.40 Å². The third-order valence-corrected chi connectivity index (χ3v) is 5.08. The summed E-state index contributed by atoms with van der Waals surface area (Å²) in [6.07, 6.45) is 5.92. The van der Waals surface area contributed by atoms with E-state index < -0.39 is 0 Å². The second kappa shape index (κ2) is 3.22. The lowest BCUT2D eigenvalue weighted by atomic mass is 10.1. The van der Waals surface area contributed by atoms with Gasteiger partial charge in [-0.2, -0.15) is 4.57 Å². The zero-order valence-electron chi connectivity index (χ0n) is 10.1. The van der Waals surface area contributed by atoms with Gasteiger partial charge in [0.05, 0.1) is 23.6 Å². The molecule has 0 spiro atoms. The van der Waals surface area contributed by atoms with Crippen LogP contribution in [0.15, 0.2) is 49.1 Å². The van der Waals surface area contributed by atoms with Crippen LogP contribution in [0.3, 0.4) is 0 Å². The fourth-order valence-corrected chi connectivity index (χ4v) is 4.26. The summed E-state index contributed by atoms with van der Waals surface area (Å²) < 4.78 is 5.88. The van der Waals surface area contributed by atoms with Crippen LogP contribution >= 0.6 is 11.3 Å². The second-order valence-electron chi connectivity index (χ2n) is 4.87. The van der Waals surface area contributed by atoms with Crippen LogP contribution in [0, 0.1) is 0 Å². The third-order valence-electron chi connectivity index (χ3n) is 3.83. The van der Waals surface area contributed by atoms with Gasteiger partial charge in [-0.25, -0.2) is 4.98 Å². The molecule has 5 rings (SSSR count). The third kappa shape index (κ3) is 1.12. The molecule has 0 atom stereocenters. The van der Waals surface area contributed by atoms with Gasteiger partial charge in [0, 0.05) is 11.8 Å². The van der Waals surface area contributed by atoms with Crippen LogP contribution in [-0.2, 0) is 6.54 Å². The van der Waals surface area contributed by atoms with E-state index >= 15 is 0 Å². The van der Waals surface area contributed by atoms with Crippen molar-refractivity contribution in [3.05, 3.63) is 54.6 Å². The van der Waals surface area contributed by atoms with Crippen LogP contribution in [0.25, 0.3) is 26.3 Å². The molecule has 0 fully saturated rings. The Morgan fingerprint density at radius 1 is 1.21 bits per heavy atom. The quantitative estimate of drug-likeness (QED) is 0.394. The van der Waals surface area contributed by atoms with E-state index in [9.17, 15) is 0 Å². The van der Waals surface area contributed by atoms with Gasteiger partial charge in [0.2, 0.25) is 5.52 Å². The van der Waals surface area contributed by atoms with Gasteiger partial charge in [0.15, 0.2) is 6.54 Å². The number of aromatic nitrogens is 3. The predicted molar refractivity (Wildman–Crippen MR) is 75.3 cm³/mol. The molecular weight excluding hydrogens is 254 g/mol. The van der Waals surface area contributed by atoms with Crippen molar-refractivity contribution in [3.8, 4) is 10.6 Å². The average molecular weight is 264 g/mol. The standard InChI is InChI=1S/C15H10N3S/c1-2-4-11-10(3-1)7-18-13-8-17-9-16-6-5-12(17)14(13)19-15(11)18/h1-6,8-9H,7H2/q+1. The molecule has 0 radical (unpaired) electrons. The molecule has 4 heteroatoms. The smallest absolute Gasteiger partial charge is 0.271 e. The topological polar surface area (TPSA) is 21.2 Å². The molecule has 4 heterocycles. The Bertz CT molecular complexity index is 949. The first-order valence-corrected chi connectivity index (χ1v) is 7.09. The minimum atomic E-state index is 0.982. The van der Waals surface area contributed by atoms with Gasteiger partial charge >= 0.3 is 0 Å². The van der Waals surface area contributed by atoms with E-state index in [1.807, 2.05) is 23.9 Å². The molecule has 3 nitrogen and oxygen atoms in total. The highest BCUT2D eigenvalue weighted by Crippen LogP contribution is 2.37. The largest absolute Gasteiger partial charge is 0.299 e. The van der Waals surface area contributed by atoms with Crippen molar-refractivity contribution in [3.63, 3.8) is 0 Å². The SMILES string of the molecule is c1ccc2c(c1)C[n+]1c-2sc2c3ccncn3cc21. The molecule has 0 N–H and O–H groups in total. The Morgan fingerprint density at radius 3 is 3.16 bits per heavy atom. The first-order valence-electron chi connectivity index (χ1n) is 6.27. The number of benzene rings is 1. The maximum absolute atomic E-state index is 4.18. The molecule has 1 aliphatic rings.